The van der Waals surface area contributed by atoms with Gasteiger partial charge in [-0.15, -0.1) is 22.7 Å². The number of ether oxygens (including phenoxy) is 2. The number of carbonyl (C=O) groups is 1. The lowest BCUT2D eigenvalue weighted by atomic mass is 10.1. The molecule has 0 fully saturated rings. The van der Waals surface area contributed by atoms with Gasteiger partial charge in [-0.3, -0.25) is 4.79 Å². The number of allylic oxidation sites excluding steroid dienone is 2. The van der Waals surface area contributed by atoms with Crippen LogP contribution in [-0.4, -0.2) is 19.5 Å². The molecule has 0 unspecified atom stereocenters. The van der Waals surface area contributed by atoms with Crippen molar-refractivity contribution in [1.29, 1.82) is 0 Å². The van der Waals surface area contributed by atoms with Gasteiger partial charge in [-0.05, 0) is 139 Å². The largest absolute Gasteiger partial charge is 0.494 e. The average molecular weight is 716 g/mol. The van der Waals surface area contributed by atoms with Crippen molar-refractivity contribution in [2.45, 2.75) is 90.9 Å². The van der Waals surface area contributed by atoms with Crippen LogP contribution < -0.4 is 14.4 Å². The Bertz CT molecular complexity index is 1880. The molecule has 0 radical (unpaired) electrons. The van der Waals surface area contributed by atoms with E-state index < -0.39 is 0 Å². The van der Waals surface area contributed by atoms with Crippen LogP contribution in [0.2, 0.25) is 0 Å². The molecule has 51 heavy (non-hydrogen) atoms. The first kappa shape index (κ1) is 35.3. The first-order valence-corrected chi connectivity index (χ1v) is 20.6. The highest BCUT2D eigenvalue weighted by Gasteiger charge is 2.29. The zero-order chi connectivity index (χ0) is 35.0. The molecule has 0 spiro atoms. The summed E-state index contributed by atoms with van der Waals surface area (Å²) in [5.41, 5.74) is 10.3. The third-order valence-corrected chi connectivity index (χ3v) is 12.5. The van der Waals surface area contributed by atoms with Crippen LogP contribution in [0.1, 0.15) is 109 Å². The number of nitrogens with zero attached hydrogens (tertiary/aromatic N) is 1. The lowest BCUT2D eigenvalue weighted by Crippen LogP contribution is -2.10. The van der Waals surface area contributed by atoms with Gasteiger partial charge in [-0.2, -0.15) is 0 Å². The molecule has 264 valence electrons. The minimum atomic E-state index is 0.755. The smallest absolute Gasteiger partial charge is 0.160 e. The normalized spacial score (nSPS) is 14.8. The first-order chi connectivity index (χ1) is 25.1. The van der Waals surface area contributed by atoms with E-state index in [2.05, 4.69) is 104 Å². The minimum absolute atomic E-state index is 0.755. The second-order valence-electron chi connectivity index (χ2n) is 13.7. The Labute approximate surface area is 311 Å². The molecule has 2 aliphatic rings. The molecule has 2 aromatic heterocycles. The fourth-order valence-corrected chi connectivity index (χ4v) is 9.77. The number of thiophene rings is 2. The molecule has 2 heterocycles. The molecule has 0 bridgehead atoms. The zero-order valence-corrected chi connectivity index (χ0v) is 31.7. The van der Waals surface area contributed by atoms with E-state index >= 15 is 0 Å². The molecule has 0 saturated carbocycles. The van der Waals surface area contributed by atoms with E-state index in [1.54, 1.807) is 11.3 Å². The number of aldehydes is 1. The van der Waals surface area contributed by atoms with Gasteiger partial charge in [0.1, 0.15) is 11.5 Å². The van der Waals surface area contributed by atoms with E-state index in [4.69, 9.17) is 9.47 Å². The molecule has 3 aromatic carbocycles. The van der Waals surface area contributed by atoms with Gasteiger partial charge in [0.25, 0.3) is 0 Å². The predicted molar refractivity (Wildman–Crippen MR) is 217 cm³/mol. The topological polar surface area (TPSA) is 38.8 Å². The highest BCUT2D eigenvalue weighted by molar-refractivity contribution is 7.17. The van der Waals surface area contributed by atoms with Gasteiger partial charge in [0.2, 0.25) is 0 Å². The number of benzene rings is 3. The first-order valence-electron chi connectivity index (χ1n) is 18.9. The lowest BCUT2D eigenvalue weighted by Gasteiger charge is -2.26. The maximum absolute atomic E-state index is 11.5. The molecule has 5 aromatic rings. The monoisotopic (exact) mass is 715 g/mol. The summed E-state index contributed by atoms with van der Waals surface area (Å²) < 4.78 is 12.2. The van der Waals surface area contributed by atoms with Gasteiger partial charge in [0.05, 0.1) is 18.1 Å². The molecule has 2 aliphatic carbocycles. The maximum atomic E-state index is 11.5. The van der Waals surface area contributed by atoms with Gasteiger partial charge in [-0.25, -0.2) is 0 Å². The van der Waals surface area contributed by atoms with Crippen LogP contribution in [0, 0.1) is 0 Å². The third-order valence-electron chi connectivity index (χ3n) is 10.1. The Morgan fingerprint density at radius 1 is 0.588 bits per heavy atom. The summed E-state index contributed by atoms with van der Waals surface area (Å²) in [5, 5.41) is 0. The second-order valence-corrected chi connectivity index (χ2v) is 15.9. The van der Waals surface area contributed by atoms with Gasteiger partial charge in [0.15, 0.2) is 6.29 Å². The van der Waals surface area contributed by atoms with Crippen molar-refractivity contribution in [2.24, 2.45) is 0 Å². The van der Waals surface area contributed by atoms with Crippen LogP contribution in [0.5, 0.6) is 11.5 Å². The van der Waals surface area contributed by atoms with Crippen molar-refractivity contribution < 1.29 is 14.3 Å². The summed E-state index contributed by atoms with van der Waals surface area (Å²) in [5.74, 6) is 1.82. The standard InChI is InChI=1S/C45H49NO3S2/c1-3-5-7-9-27-48-38-21-17-36(18-22-38)46(37-19-23-39(24-20-37)49-28-10-8-6-4-2)35-15-11-32(12-16-35)43-30-34-14-26-42(45(34)51-43)41-25-13-33-29-40(31-47)50-44(33)41/h11-12,15-24,29-31H,3-10,13-14,25-28H2,1-2H3/b42-41+. The molecule has 0 N–H and O–H groups in total. The Hall–Kier alpha value is -4.13. The fourth-order valence-electron chi connectivity index (χ4n) is 7.33. The van der Waals surface area contributed by atoms with Crippen LogP contribution in [0.15, 0.2) is 84.9 Å². The molecule has 0 atom stereocenters. The quantitative estimate of drug-likeness (QED) is 0.0710. The Balaban J connectivity index is 1.12. The number of rotatable bonds is 17. The minimum Gasteiger partial charge on any atom is -0.494 e. The van der Waals surface area contributed by atoms with Crippen molar-refractivity contribution in [2.75, 3.05) is 18.1 Å². The van der Waals surface area contributed by atoms with Crippen molar-refractivity contribution in [3.8, 4) is 21.9 Å². The van der Waals surface area contributed by atoms with Crippen LogP contribution in [-0.2, 0) is 12.8 Å². The lowest BCUT2D eigenvalue weighted by molar-refractivity contribution is 0.112. The fraction of sp³-hybridized carbons (Fsp3) is 0.356. The highest BCUT2D eigenvalue weighted by Crippen LogP contribution is 2.50. The summed E-state index contributed by atoms with van der Waals surface area (Å²) in [6.45, 7) is 5.98. The van der Waals surface area contributed by atoms with Crippen LogP contribution in [0.4, 0.5) is 17.1 Å². The van der Waals surface area contributed by atoms with Crippen LogP contribution in [0.25, 0.3) is 21.6 Å². The van der Waals surface area contributed by atoms with Crippen LogP contribution >= 0.6 is 22.7 Å². The number of unbranched alkanes of at least 4 members (excludes halogenated alkanes) is 6. The molecule has 7 rings (SSSR count). The molecule has 4 nitrogen and oxygen atoms in total. The number of carbonyl (C=O) groups excluding carboxylic acids is 1. The Morgan fingerprint density at radius 3 is 1.59 bits per heavy atom. The van der Waals surface area contributed by atoms with Crippen molar-refractivity contribution in [1.82, 2.24) is 0 Å². The zero-order valence-electron chi connectivity index (χ0n) is 30.0. The Morgan fingerprint density at radius 2 is 1.08 bits per heavy atom. The number of hydrogen-bond acceptors (Lipinski definition) is 6. The summed E-state index contributed by atoms with van der Waals surface area (Å²) in [7, 11) is 0. The number of aryl methyl sites for hydroxylation is 2. The molecular weight excluding hydrogens is 667 g/mol. The summed E-state index contributed by atoms with van der Waals surface area (Å²) in [4.78, 5) is 18.7. The van der Waals surface area contributed by atoms with E-state index in [0.717, 1.165) is 91.5 Å². The average Bonchev–Trinajstić information content (AvgIpc) is 3.95. The number of fused-ring (bicyclic) bond motifs is 2. The van der Waals surface area contributed by atoms with Gasteiger partial charge < -0.3 is 14.4 Å². The number of hydrogen-bond donors (Lipinski definition) is 0. The summed E-state index contributed by atoms with van der Waals surface area (Å²) in [6, 6.07) is 30.5. The van der Waals surface area contributed by atoms with Gasteiger partial charge in [-0.1, -0.05) is 64.5 Å². The molecule has 6 heteroatoms. The third kappa shape index (κ3) is 8.18. The van der Waals surface area contributed by atoms with Gasteiger partial charge >= 0.3 is 0 Å². The van der Waals surface area contributed by atoms with Crippen molar-refractivity contribution in [3.05, 3.63) is 111 Å². The van der Waals surface area contributed by atoms with E-state index in [0.29, 0.717) is 0 Å². The van der Waals surface area contributed by atoms with E-state index in [1.807, 2.05) is 11.3 Å². The predicted octanol–water partition coefficient (Wildman–Crippen LogP) is 13.5. The van der Waals surface area contributed by atoms with E-state index in [-0.39, 0.29) is 0 Å². The van der Waals surface area contributed by atoms with Crippen LogP contribution in [0.3, 0.4) is 0 Å². The SMILES string of the molecule is CCCCCCOc1ccc(N(c2ccc(OCCCCCC)cc2)c2ccc(-c3cc4c(s3)/C(=C3\CCc5cc(C=O)sc53)CC4)cc2)cc1. The summed E-state index contributed by atoms with van der Waals surface area (Å²) in [6.07, 6.45) is 14.9. The molecule has 0 amide bonds. The van der Waals surface area contributed by atoms with E-state index in [1.165, 1.54) is 81.0 Å². The van der Waals surface area contributed by atoms with Crippen molar-refractivity contribution in [3.63, 3.8) is 0 Å². The maximum Gasteiger partial charge on any atom is 0.160 e. The van der Waals surface area contributed by atoms with Crippen molar-refractivity contribution >= 4 is 57.2 Å². The number of anilines is 3. The second kappa shape index (κ2) is 16.9. The molecular formula is C45H49NO3S2. The molecule has 0 saturated heterocycles. The molecule has 0 aliphatic heterocycles. The summed E-state index contributed by atoms with van der Waals surface area (Å²) >= 11 is 3.59. The Kier molecular flexibility index (Phi) is 11.7. The van der Waals surface area contributed by atoms with Gasteiger partial charge in [0, 0.05) is 31.7 Å². The highest BCUT2D eigenvalue weighted by atomic mass is 32.1. The van der Waals surface area contributed by atoms with E-state index in [9.17, 15) is 4.79 Å².